The number of nitrogens with zero attached hydrogens (tertiary/aromatic N) is 4. The first-order valence-corrected chi connectivity index (χ1v) is 22.5. The number of likely N-dealkylation sites (N-methyl/N-ethyl adjacent to an activating group) is 1. The second kappa shape index (κ2) is 14.9. The highest BCUT2D eigenvalue weighted by molar-refractivity contribution is 5.93. The number of carbonyl (C=O) groups is 3. The van der Waals surface area contributed by atoms with Gasteiger partial charge in [-0.15, -0.1) is 0 Å². The molecule has 7 aliphatic rings. The summed E-state index contributed by atoms with van der Waals surface area (Å²) in [4.78, 5) is 55.7. The Morgan fingerprint density at radius 3 is 2.40 bits per heavy atom. The normalized spacial score (nSPS) is 39.5. The largest absolute Gasteiger partial charge is 0.468 e. The summed E-state index contributed by atoms with van der Waals surface area (Å²) in [5.74, 6) is -2.57. The average molecular weight is 856 g/mol. The lowest BCUT2D eigenvalue weighted by Crippen LogP contribution is -2.79. The molecule has 14 heteroatoms. The molecule has 2 aliphatic carbocycles. The predicted octanol–water partition coefficient (Wildman–Crippen LogP) is 3.70. The highest BCUT2D eigenvalue weighted by atomic mass is 16.6. The van der Waals surface area contributed by atoms with Crippen molar-refractivity contribution in [1.29, 1.82) is 0 Å². The number of aromatic nitrogens is 1. The first-order valence-electron chi connectivity index (χ1n) is 22.5. The molecule has 0 radical (unpaired) electrons. The summed E-state index contributed by atoms with van der Waals surface area (Å²) in [6, 6.07) is 5.17. The molecule has 5 aliphatic heterocycles. The van der Waals surface area contributed by atoms with Gasteiger partial charge < -0.3 is 43.9 Å². The Morgan fingerprint density at radius 1 is 0.984 bits per heavy atom. The Hall–Kier alpha value is -4.21. The summed E-state index contributed by atoms with van der Waals surface area (Å²) < 4.78 is 24.2. The van der Waals surface area contributed by atoms with Gasteiger partial charge in [-0.25, -0.2) is 4.79 Å². The molecule has 6 heterocycles. The van der Waals surface area contributed by atoms with Gasteiger partial charge in [-0.3, -0.25) is 19.4 Å². The van der Waals surface area contributed by atoms with Crippen molar-refractivity contribution in [2.75, 3.05) is 80.1 Å². The molecule has 9 rings (SSSR count). The van der Waals surface area contributed by atoms with Crippen LogP contribution in [0.2, 0.25) is 0 Å². The number of fused-ring (bicyclic) bond motifs is 6. The molecule has 1 spiro atoms. The lowest BCUT2D eigenvalue weighted by Gasteiger charge is -2.63. The topological polar surface area (TPSA) is 157 Å². The molecule has 1 aromatic carbocycles. The van der Waals surface area contributed by atoms with Crippen LogP contribution in [0.1, 0.15) is 64.1 Å². The van der Waals surface area contributed by atoms with Crippen molar-refractivity contribution in [2.45, 2.75) is 100 Å². The number of H-pyrrole nitrogens is 1. The van der Waals surface area contributed by atoms with Crippen LogP contribution in [0.5, 0.6) is 0 Å². The first kappa shape index (κ1) is 43.1. The minimum absolute atomic E-state index is 0.0808. The molecule has 0 amide bonds. The molecule has 3 saturated heterocycles. The van der Waals surface area contributed by atoms with Crippen LogP contribution in [-0.2, 0) is 45.2 Å². The Bertz CT molecular complexity index is 2270. The standard InChI is InChI=1S/C48H65N5O9/c1-10-44(57)24-29-25-47(42(55)60-8,38-31(15-19-52(26-29)27-44)32-21-30(50(4)5)13-14-35(32)49-38)34-22-33-36(23-37(34)59-7)51(6)40-46(33)17-20-53-18-12-16-45(11-2,39(46)53)41(62-28(3)54)48(40,58)43(56)61-9/h12-14,16,21-23,29,34,37,39-41,49,57-58H,10-11,15,17-20,24-27H2,1-9H3/t29-,34?,37?,39+,40-,41-,44+,45-,46-,47+,48+/m1/s1. The summed E-state index contributed by atoms with van der Waals surface area (Å²) in [7, 11) is 10.3. The van der Waals surface area contributed by atoms with E-state index in [-0.39, 0.29) is 17.9 Å². The molecular formula is C48H65N5O9. The van der Waals surface area contributed by atoms with Crippen LogP contribution in [-0.4, -0.2) is 158 Å². The van der Waals surface area contributed by atoms with Gasteiger partial charge >= 0.3 is 17.9 Å². The van der Waals surface area contributed by atoms with Gasteiger partial charge in [0.25, 0.3) is 0 Å². The number of aliphatic hydroxyl groups is 2. The number of benzene rings is 1. The maximum absolute atomic E-state index is 15.5. The number of anilines is 1. The second-order valence-electron chi connectivity index (χ2n) is 19.6. The maximum atomic E-state index is 15.5. The van der Waals surface area contributed by atoms with E-state index in [1.807, 2.05) is 39.9 Å². The summed E-state index contributed by atoms with van der Waals surface area (Å²) in [6.45, 7) is 8.69. The summed E-state index contributed by atoms with van der Waals surface area (Å²) in [5, 5.41) is 26.5. The lowest BCUT2D eigenvalue weighted by molar-refractivity contribution is -0.243. The number of piperidine rings is 1. The van der Waals surface area contributed by atoms with Crippen LogP contribution < -0.4 is 4.90 Å². The molecule has 12 atom stereocenters. The Balaban J connectivity index is 1.34. The van der Waals surface area contributed by atoms with E-state index in [2.05, 4.69) is 62.2 Å². The van der Waals surface area contributed by atoms with Gasteiger partial charge in [0.2, 0.25) is 5.60 Å². The molecular weight excluding hydrogens is 791 g/mol. The number of rotatable bonds is 8. The number of ether oxygens (including phenoxy) is 4. The van der Waals surface area contributed by atoms with E-state index >= 15 is 4.79 Å². The highest BCUT2D eigenvalue weighted by Crippen LogP contribution is 2.70. The number of allylic oxidation sites excluding steroid dienone is 1. The van der Waals surface area contributed by atoms with Crippen LogP contribution in [0, 0.1) is 22.7 Å². The number of aromatic amines is 1. The van der Waals surface area contributed by atoms with Crippen LogP contribution >= 0.6 is 0 Å². The van der Waals surface area contributed by atoms with Gasteiger partial charge in [-0.1, -0.05) is 32.1 Å². The van der Waals surface area contributed by atoms with Gasteiger partial charge in [-0.05, 0) is 86.4 Å². The molecule has 2 aromatic rings. The van der Waals surface area contributed by atoms with E-state index in [0.717, 1.165) is 45.7 Å². The fourth-order valence-electron chi connectivity index (χ4n) is 14.3. The van der Waals surface area contributed by atoms with Crippen molar-refractivity contribution in [1.82, 2.24) is 19.7 Å². The second-order valence-corrected chi connectivity index (χ2v) is 19.6. The number of carbonyl (C=O) groups excluding carboxylic acids is 3. The molecule has 4 fully saturated rings. The number of esters is 3. The molecule has 14 nitrogen and oxygen atoms in total. The zero-order valence-corrected chi connectivity index (χ0v) is 37.8. The van der Waals surface area contributed by atoms with Crippen LogP contribution in [0.15, 0.2) is 53.8 Å². The molecule has 336 valence electrons. The summed E-state index contributed by atoms with van der Waals surface area (Å²) >= 11 is 0. The Morgan fingerprint density at radius 2 is 1.74 bits per heavy atom. The number of hydrogen-bond donors (Lipinski definition) is 3. The van der Waals surface area contributed by atoms with Gasteiger partial charge in [-0.2, -0.15) is 0 Å². The average Bonchev–Trinajstić information content (AvgIpc) is 3.92. The maximum Gasteiger partial charge on any atom is 0.344 e. The third-order valence-corrected chi connectivity index (χ3v) is 16.6. The van der Waals surface area contributed by atoms with E-state index in [4.69, 9.17) is 18.9 Å². The Kier molecular flexibility index (Phi) is 10.4. The highest BCUT2D eigenvalue weighted by Gasteiger charge is 2.81. The van der Waals surface area contributed by atoms with Crippen molar-refractivity contribution in [3.05, 3.63) is 65.0 Å². The van der Waals surface area contributed by atoms with E-state index in [9.17, 15) is 19.8 Å². The third kappa shape index (κ3) is 5.67. The molecule has 1 saturated carbocycles. The van der Waals surface area contributed by atoms with Gasteiger partial charge in [0.15, 0.2) is 6.10 Å². The van der Waals surface area contributed by atoms with Gasteiger partial charge in [0, 0.05) is 112 Å². The minimum atomic E-state index is -2.29. The minimum Gasteiger partial charge on any atom is -0.468 e. The van der Waals surface area contributed by atoms with Crippen molar-refractivity contribution in [2.24, 2.45) is 22.7 Å². The quantitative estimate of drug-likeness (QED) is 0.201. The van der Waals surface area contributed by atoms with Crippen molar-refractivity contribution >= 4 is 34.5 Å². The van der Waals surface area contributed by atoms with E-state index < -0.39 is 63.6 Å². The fraction of sp³-hybridized carbons (Fsp3) is 0.646. The summed E-state index contributed by atoms with van der Waals surface area (Å²) in [5.41, 5.74) is -0.890. The van der Waals surface area contributed by atoms with E-state index in [1.54, 1.807) is 7.11 Å². The van der Waals surface area contributed by atoms with E-state index in [1.165, 1.54) is 21.1 Å². The third-order valence-electron chi connectivity index (χ3n) is 16.6. The summed E-state index contributed by atoms with van der Waals surface area (Å²) in [6.07, 6.45) is 9.70. The SMILES string of the molecule is CC[C@]1(O)C[C@H]2CN(CCc3c([nH]c4ccc(N(C)C)cc34)[C@@](C(=O)OC)(C3C=C4C(=CC3OC)N(C)[C@H]3[C@@](O)(C(=O)OC)[C@H](OC(C)=O)[C@]5(CC)C=CCN6CC[C@]43[C@@H]65)C2)C1. The number of methoxy groups -OCH3 is 3. The number of hydrogen-bond acceptors (Lipinski definition) is 13. The van der Waals surface area contributed by atoms with Gasteiger partial charge in [0.1, 0.15) is 5.41 Å². The zero-order chi connectivity index (χ0) is 44.3. The van der Waals surface area contributed by atoms with Crippen molar-refractivity contribution in [3.63, 3.8) is 0 Å². The lowest BCUT2D eigenvalue weighted by atomic mass is 9.47. The van der Waals surface area contributed by atoms with Crippen molar-refractivity contribution < 1.29 is 43.5 Å². The van der Waals surface area contributed by atoms with Gasteiger partial charge in [0.05, 0.1) is 32.0 Å². The predicted molar refractivity (Wildman–Crippen MR) is 233 cm³/mol. The Labute approximate surface area is 364 Å². The molecule has 3 unspecified atom stereocenters. The van der Waals surface area contributed by atoms with E-state index in [0.29, 0.717) is 64.7 Å². The fourth-order valence-corrected chi connectivity index (χ4v) is 14.3. The smallest absolute Gasteiger partial charge is 0.344 e. The molecule has 3 N–H and O–H groups in total. The zero-order valence-electron chi connectivity index (χ0n) is 37.8. The van der Waals surface area contributed by atoms with Crippen LogP contribution in [0.25, 0.3) is 10.9 Å². The number of nitrogens with one attached hydrogen (secondary N) is 1. The van der Waals surface area contributed by atoms with Crippen LogP contribution in [0.3, 0.4) is 0 Å². The van der Waals surface area contributed by atoms with Crippen LogP contribution in [0.4, 0.5) is 5.69 Å². The number of likely N-dealkylation sites (tertiary alicyclic amines) is 1. The first-order chi connectivity index (χ1) is 29.5. The molecule has 1 aromatic heterocycles. The monoisotopic (exact) mass is 855 g/mol. The molecule has 62 heavy (non-hydrogen) atoms. The van der Waals surface area contributed by atoms with Crippen molar-refractivity contribution in [3.8, 4) is 0 Å². The molecule has 2 bridgehead atoms.